The van der Waals surface area contributed by atoms with Gasteiger partial charge in [-0.15, -0.1) is 0 Å². The van der Waals surface area contributed by atoms with Crippen LogP contribution < -0.4 is 0 Å². The molecule has 4 nitrogen and oxygen atoms in total. The van der Waals surface area contributed by atoms with E-state index in [4.69, 9.17) is 18.9 Å². The number of rotatable bonds is 4. The van der Waals surface area contributed by atoms with Crippen LogP contribution in [0.25, 0.3) is 0 Å². The second-order valence-electron chi connectivity index (χ2n) is 8.21. The van der Waals surface area contributed by atoms with Crippen molar-refractivity contribution in [1.29, 1.82) is 0 Å². The molecule has 1 spiro atoms. The van der Waals surface area contributed by atoms with Gasteiger partial charge in [-0.05, 0) is 12.8 Å². The smallest absolute Gasteiger partial charge is 0.172 e. The highest BCUT2D eigenvalue weighted by molar-refractivity contribution is 4.84. The summed E-state index contributed by atoms with van der Waals surface area (Å²) in [4.78, 5) is 0. The molecule has 0 radical (unpaired) electrons. The van der Waals surface area contributed by atoms with Crippen LogP contribution in [0.3, 0.4) is 0 Å². The van der Waals surface area contributed by atoms with E-state index < -0.39 is 5.79 Å². The van der Waals surface area contributed by atoms with Crippen LogP contribution in [0.1, 0.15) is 66.2 Å². The molecule has 136 valence electrons. The number of hydrogen-bond acceptors (Lipinski definition) is 4. The Hall–Kier alpha value is -0.160. The number of hydrogen-bond donors (Lipinski definition) is 0. The minimum atomic E-state index is -0.508. The molecule has 2 rings (SSSR count). The molecule has 2 heterocycles. The molecule has 2 aliphatic rings. The quantitative estimate of drug-likeness (QED) is 0.776. The average molecular weight is 328 g/mol. The van der Waals surface area contributed by atoms with Crippen molar-refractivity contribution in [2.24, 2.45) is 10.8 Å². The summed E-state index contributed by atoms with van der Waals surface area (Å²) in [6.45, 7) is 13.4. The molecule has 2 saturated heterocycles. The first-order chi connectivity index (χ1) is 10.9. The zero-order valence-electron chi connectivity index (χ0n) is 15.6. The van der Waals surface area contributed by atoms with Crippen LogP contribution in [-0.4, -0.2) is 45.4 Å². The van der Waals surface area contributed by atoms with Crippen molar-refractivity contribution in [3.05, 3.63) is 0 Å². The van der Waals surface area contributed by atoms with Crippen molar-refractivity contribution in [3.8, 4) is 0 Å². The Bertz CT molecular complexity index is 333. The Kier molecular flexibility index (Phi) is 6.90. The van der Waals surface area contributed by atoms with Crippen LogP contribution >= 0.6 is 0 Å². The summed E-state index contributed by atoms with van der Waals surface area (Å²) in [6.07, 6.45) is 6.20. The molecular weight excluding hydrogens is 292 g/mol. The van der Waals surface area contributed by atoms with Gasteiger partial charge in [0, 0.05) is 23.7 Å². The van der Waals surface area contributed by atoms with E-state index in [9.17, 15) is 0 Å². The Morgan fingerprint density at radius 2 is 1.13 bits per heavy atom. The van der Waals surface area contributed by atoms with E-state index in [-0.39, 0.29) is 10.8 Å². The molecule has 0 bridgehead atoms. The van der Waals surface area contributed by atoms with Crippen LogP contribution in [0.15, 0.2) is 0 Å². The first-order valence-electron chi connectivity index (χ1n) is 9.38. The van der Waals surface area contributed by atoms with Crippen LogP contribution in [0.5, 0.6) is 0 Å². The third-order valence-corrected chi connectivity index (χ3v) is 5.23. The first kappa shape index (κ1) is 19.2. The van der Waals surface area contributed by atoms with Crippen LogP contribution in [0.2, 0.25) is 0 Å². The lowest BCUT2D eigenvalue weighted by Crippen LogP contribution is -2.50. The monoisotopic (exact) mass is 328 g/mol. The lowest BCUT2D eigenvalue weighted by molar-refractivity contribution is -0.315. The van der Waals surface area contributed by atoms with E-state index in [0.717, 1.165) is 58.5 Å². The molecule has 0 N–H and O–H groups in total. The zero-order chi connectivity index (χ0) is 16.8. The van der Waals surface area contributed by atoms with E-state index in [0.29, 0.717) is 13.2 Å². The minimum Gasteiger partial charge on any atom is -0.381 e. The van der Waals surface area contributed by atoms with Gasteiger partial charge in [0.2, 0.25) is 0 Å². The largest absolute Gasteiger partial charge is 0.381 e. The van der Waals surface area contributed by atoms with Gasteiger partial charge in [0.15, 0.2) is 5.79 Å². The molecule has 0 aliphatic carbocycles. The van der Waals surface area contributed by atoms with Crippen molar-refractivity contribution in [3.63, 3.8) is 0 Å². The predicted octanol–water partition coefficient (Wildman–Crippen LogP) is 4.17. The molecule has 0 atom stereocenters. The van der Waals surface area contributed by atoms with E-state index in [1.54, 1.807) is 0 Å². The number of ether oxygens (including phenoxy) is 4. The standard InChI is InChI=1S/C19H36O4/c1-5-7-17(3)13-20-11-9-19(10-12-21-14-17)22-15-18(4,8-6-2)16-23-19/h5-16H2,1-4H3. The molecule has 23 heavy (non-hydrogen) atoms. The van der Waals surface area contributed by atoms with Crippen LogP contribution in [0.4, 0.5) is 0 Å². The van der Waals surface area contributed by atoms with E-state index in [2.05, 4.69) is 27.7 Å². The molecule has 2 aliphatic heterocycles. The molecule has 2 fully saturated rings. The maximum Gasteiger partial charge on any atom is 0.172 e. The van der Waals surface area contributed by atoms with E-state index in [1.165, 1.54) is 6.42 Å². The molecule has 0 unspecified atom stereocenters. The summed E-state index contributed by atoms with van der Waals surface area (Å²) >= 11 is 0. The van der Waals surface area contributed by atoms with Gasteiger partial charge in [-0.2, -0.15) is 0 Å². The Labute approximate surface area is 142 Å². The second kappa shape index (κ2) is 8.28. The average Bonchev–Trinajstić information content (AvgIpc) is 2.52. The molecular formula is C19H36O4. The Morgan fingerprint density at radius 3 is 1.57 bits per heavy atom. The molecule has 0 saturated carbocycles. The van der Waals surface area contributed by atoms with Gasteiger partial charge >= 0.3 is 0 Å². The van der Waals surface area contributed by atoms with Gasteiger partial charge < -0.3 is 18.9 Å². The highest BCUT2D eigenvalue weighted by Gasteiger charge is 2.42. The van der Waals surface area contributed by atoms with Gasteiger partial charge in [0.25, 0.3) is 0 Å². The lowest BCUT2D eigenvalue weighted by Gasteiger charge is -2.45. The Balaban J connectivity index is 1.89. The van der Waals surface area contributed by atoms with Crippen molar-refractivity contribution in [2.75, 3.05) is 39.6 Å². The fraction of sp³-hybridized carbons (Fsp3) is 1.00. The maximum atomic E-state index is 6.22. The molecule has 0 aromatic heterocycles. The van der Waals surface area contributed by atoms with Crippen molar-refractivity contribution in [1.82, 2.24) is 0 Å². The van der Waals surface area contributed by atoms with Crippen molar-refractivity contribution in [2.45, 2.75) is 72.0 Å². The minimum absolute atomic E-state index is 0.132. The fourth-order valence-electron chi connectivity index (χ4n) is 3.74. The van der Waals surface area contributed by atoms with Gasteiger partial charge in [-0.1, -0.05) is 40.5 Å². The third-order valence-electron chi connectivity index (χ3n) is 5.23. The summed E-state index contributed by atoms with van der Waals surface area (Å²) in [5, 5.41) is 0. The summed E-state index contributed by atoms with van der Waals surface area (Å²) < 4.78 is 24.4. The zero-order valence-corrected chi connectivity index (χ0v) is 15.6. The van der Waals surface area contributed by atoms with Crippen LogP contribution in [-0.2, 0) is 18.9 Å². The summed E-state index contributed by atoms with van der Waals surface area (Å²) in [5.41, 5.74) is 0.282. The topological polar surface area (TPSA) is 36.9 Å². The predicted molar refractivity (Wildman–Crippen MR) is 91.5 cm³/mol. The van der Waals surface area contributed by atoms with Gasteiger partial charge in [0.1, 0.15) is 0 Å². The Morgan fingerprint density at radius 1 is 0.696 bits per heavy atom. The molecule has 4 heteroatoms. The summed E-state index contributed by atoms with van der Waals surface area (Å²) in [5.74, 6) is -0.508. The SMILES string of the molecule is CCCC1(C)COCCC2(CCOC1)OCC(C)(CCC)CO2. The van der Waals surface area contributed by atoms with Crippen LogP contribution in [0, 0.1) is 10.8 Å². The second-order valence-corrected chi connectivity index (χ2v) is 8.21. The third kappa shape index (κ3) is 5.42. The van der Waals surface area contributed by atoms with Gasteiger partial charge in [-0.3, -0.25) is 0 Å². The molecule has 0 amide bonds. The normalized spacial score (nSPS) is 40.2. The van der Waals surface area contributed by atoms with Gasteiger partial charge in [0.05, 0.1) is 39.6 Å². The lowest BCUT2D eigenvalue weighted by atomic mass is 9.86. The first-order valence-corrected chi connectivity index (χ1v) is 9.38. The highest BCUT2D eigenvalue weighted by atomic mass is 16.7. The van der Waals surface area contributed by atoms with Crippen molar-refractivity contribution >= 4 is 0 Å². The van der Waals surface area contributed by atoms with Gasteiger partial charge in [-0.25, -0.2) is 0 Å². The summed E-state index contributed by atoms with van der Waals surface area (Å²) in [7, 11) is 0. The van der Waals surface area contributed by atoms with E-state index in [1.807, 2.05) is 0 Å². The van der Waals surface area contributed by atoms with Crippen molar-refractivity contribution < 1.29 is 18.9 Å². The molecule has 0 aromatic carbocycles. The van der Waals surface area contributed by atoms with E-state index >= 15 is 0 Å². The maximum absolute atomic E-state index is 6.22. The highest BCUT2D eigenvalue weighted by Crippen LogP contribution is 2.37. The fourth-order valence-corrected chi connectivity index (χ4v) is 3.74. The molecule has 0 aromatic rings. The summed E-state index contributed by atoms with van der Waals surface area (Å²) in [6, 6.07) is 0.